The number of fused-ring (bicyclic) bond motifs is 6. The second-order valence-corrected chi connectivity index (χ2v) is 24.0. The van der Waals surface area contributed by atoms with E-state index in [0.717, 1.165) is 74.8 Å². The Labute approximate surface area is 423 Å². The van der Waals surface area contributed by atoms with Gasteiger partial charge in [-0.3, -0.25) is 19.8 Å². The number of para-hydroxylation sites is 1. The van der Waals surface area contributed by atoms with E-state index in [2.05, 4.69) is 49.1 Å². The number of piperidine rings is 2. The molecule has 2 aromatic heterocycles. The van der Waals surface area contributed by atoms with Crippen molar-refractivity contribution in [3.05, 3.63) is 94.2 Å². The highest BCUT2D eigenvalue weighted by Gasteiger charge is 2.54. The van der Waals surface area contributed by atoms with Gasteiger partial charge in [-0.15, -0.1) is 0 Å². The number of nitro benzene ring substituents is 1. The molecule has 19 heteroatoms. The number of ether oxygens (including phenoxy) is 4. The van der Waals surface area contributed by atoms with Crippen molar-refractivity contribution in [1.29, 1.82) is 0 Å². The number of carbonyl (C=O) groups is 1. The van der Waals surface area contributed by atoms with Crippen LogP contribution in [0.15, 0.2) is 77.8 Å². The summed E-state index contributed by atoms with van der Waals surface area (Å²) in [4.78, 5) is 41.5. The summed E-state index contributed by atoms with van der Waals surface area (Å²) in [5.41, 5.74) is 3.18. The Morgan fingerprint density at radius 2 is 1.73 bits per heavy atom. The van der Waals surface area contributed by atoms with Crippen molar-refractivity contribution in [3.63, 3.8) is 0 Å². The van der Waals surface area contributed by atoms with Gasteiger partial charge in [0.25, 0.3) is 21.6 Å². The van der Waals surface area contributed by atoms with Gasteiger partial charge in [-0.2, -0.15) is 4.98 Å². The van der Waals surface area contributed by atoms with Crippen LogP contribution in [0, 0.1) is 21.4 Å². The van der Waals surface area contributed by atoms with Crippen LogP contribution in [0.2, 0.25) is 0 Å². The Morgan fingerprint density at radius 3 is 2.55 bits per heavy atom. The van der Waals surface area contributed by atoms with Gasteiger partial charge >= 0.3 is 0 Å². The van der Waals surface area contributed by atoms with Crippen LogP contribution in [0.4, 0.5) is 28.4 Å². The van der Waals surface area contributed by atoms with E-state index in [1.165, 1.54) is 37.3 Å². The molecule has 0 radical (unpaired) electrons. The molecule has 4 atom stereocenters. The van der Waals surface area contributed by atoms with Crippen LogP contribution >= 0.6 is 0 Å². The summed E-state index contributed by atoms with van der Waals surface area (Å²) >= 11 is 0. The molecule has 18 nitrogen and oxygen atoms in total. The zero-order chi connectivity index (χ0) is 49.9. The zero-order valence-corrected chi connectivity index (χ0v) is 41.8. The standard InChI is InChI=1S/C54H62N8O10S/c1-52(64)14-10-33(11-15-52)40-30-71-46-27-37(26-42(62(65)66)48(46)56-40)73(67,68)58-50(63)38-9-8-35(25-41(38)61-43-24-34-12-19-55-49(34)57-51(43)72-47-32-69-31-44(47)61)59-21-16-53(17-22-59)28-36(29-53)60-20-5-4-13-54(60)18-23-70-45-7-3-2-6-39(45)54/h2-3,6-9,12,19,24-27,33,36,40,44,47,56,64H,4-5,10-11,13-18,20-23,28-32H2,1H3,(H,55,57)(H,58,63)/t33?,40-,44-,47-,52?,54-/m1/s1. The maximum Gasteiger partial charge on any atom is 0.297 e. The van der Waals surface area contributed by atoms with E-state index in [0.29, 0.717) is 67.8 Å². The maximum atomic E-state index is 14.8. The number of carbonyl (C=O) groups excluding carboxylic acids is 1. The first-order valence-electron chi connectivity index (χ1n) is 26.2. The van der Waals surface area contributed by atoms with Crippen molar-refractivity contribution >= 4 is 55.4 Å². The molecule has 4 N–H and O–H groups in total. The third kappa shape index (κ3) is 8.03. The number of pyridine rings is 1. The zero-order valence-electron chi connectivity index (χ0n) is 41.0. The summed E-state index contributed by atoms with van der Waals surface area (Å²) in [5, 5.41) is 27.2. The molecular formula is C54H62N8O10S. The molecule has 2 aliphatic carbocycles. The number of hydrogen-bond acceptors (Lipinski definition) is 15. The summed E-state index contributed by atoms with van der Waals surface area (Å²) in [7, 11) is -4.71. The first-order valence-corrected chi connectivity index (χ1v) is 27.7. The van der Waals surface area contributed by atoms with Crippen LogP contribution in [-0.2, 0) is 20.3 Å². The highest BCUT2D eigenvalue weighted by atomic mass is 32.2. The molecule has 384 valence electrons. The smallest absolute Gasteiger partial charge is 0.297 e. The number of nitrogens with zero attached hydrogens (tertiary/aromatic N) is 5. The summed E-state index contributed by atoms with van der Waals surface area (Å²) < 4.78 is 55.7. The Bertz CT molecular complexity index is 3120. The molecule has 1 amide bonds. The number of anilines is 4. The highest BCUT2D eigenvalue weighted by molar-refractivity contribution is 7.90. The number of H-pyrrole nitrogens is 1. The molecule has 73 heavy (non-hydrogen) atoms. The van der Waals surface area contributed by atoms with Crippen molar-refractivity contribution in [3.8, 4) is 17.4 Å². The SMILES string of the molecule is CC1(O)CCC([C@H]2COc3cc(S(=O)(=O)NC(=O)c4ccc(N5CCC6(CC5)CC(N5CCCC[C@]57CCOc5ccccc57)C6)cc4N4c5cc6cc[nH]c6nc5O[C@@H]5COC[C@H]54)cc([N+](=O)[O-])c3N2)CC1. The number of amides is 1. The molecule has 3 saturated heterocycles. The number of aromatic amines is 1. The molecule has 5 fully saturated rings. The summed E-state index contributed by atoms with van der Waals surface area (Å²) in [6.07, 6.45) is 13.0. The first kappa shape index (κ1) is 46.6. The fourth-order valence-electron chi connectivity index (χ4n) is 13.9. The highest BCUT2D eigenvalue weighted by Crippen LogP contribution is 2.57. The van der Waals surface area contributed by atoms with Gasteiger partial charge < -0.3 is 44.2 Å². The molecule has 5 aromatic rings. The van der Waals surface area contributed by atoms with Crippen molar-refractivity contribution in [2.24, 2.45) is 11.3 Å². The van der Waals surface area contributed by atoms with Crippen molar-refractivity contribution in [2.75, 3.05) is 61.2 Å². The first-order chi connectivity index (χ1) is 35.3. The largest absolute Gasteiger partial charge is 0.493 e. The molecule has 2 saturated carbocycles. The fourth-order valence-corrected chi connectivity index (χ4v) is 14.9. The number of benzene rings is 3. The van der Waals surface area contributed by atoms with E-state index in [1.807, 2.05) is 36.1 Å². The van der Waals surface area contributed by atoms with Gasteiger partial charge in [0.05, 0.1) is 64.1 Å². The van der Waals surface area contributed by atoms with Gasteiger partial charge in [-0.05, 0) is 132 Å². The number of likely N-dealkylation sites (tertiary alicyclic amines) is 1. The summed E-state index contributed by atoms with van der Waals surface area (Å²) in [6.45, 7) is 6.07. The van der Waals surface area contributed by atoms with Crippen LogP contribution in [0.3, 0.4) is 0 Å². The van der Waals surface area contributed by atoms with Crippen LogP contribution in [0.1, 0.15) is 99.9 Å². The molecular weight excluding hydrogens is 953 g/mol. The molecule has 6 aliphatic heterocycles. The van der Waals surface area contributed by atoms with E-state index in [9.17, 15) is 28.4 Å². The average molecular weight is 1020 g/mol. The van der Waals surface area contributed by atoms with E-state index >= 15 is 0 Å². The van der Waals surface area contributed by atoms with E-state index in [-0.39, 0.29) is 52.6 Å². The monoisotopic (exact) mass is 1010 g/mol. The lowest BCUT2D eigenvalue weighted by molar-refractivity contribution is -0.384. The van der Waals surface area contributed by atoms with Crippen LogP contribution in [0.5, 0.6) is 17.4 Å². The average Bonchev–Trinajstić information content (AvgIpc) is 4.06. The third-order valence-electron chi connectivity index (χ3n) is 18.0. The van der Waals surface area contributed by atoms with Crippen molar-refractivity contribution < 1.29 is 42.2 Å². The topological polar surface area (TPSA) is 214 Å². The minimum atomic E-state index is -4.71. The van der Waals surface area contributed by atoms with Gasteiger partial charge in [0.1, 0.15) is 29.8 Å². The van der Waals surface area contributed by atoms with Gasteiger partial charge in [0.2, 0.25) is 5.88 Å². The molecule has 0 unspecified atom stereocenters. The number of aliphatic hydroxyl groups is 1. The lowest BCUT2D eigenvalue weighted by Gasteiger charge is -2.61. The Balaban J connectivity index is 0.788. The van der Waals surface area contributed by atoms with Crippen LogP contribution in [-0.4, -0.2) is 115 Å². The number of sulfonamides is 1. The van der Waals surface area contributed by atoms with E-state index in [1.54, 1.807) is 12.3 Å². The van der Waals surface area contributed by atoms with Gasteiger partial charge in [-0.25, -0.2) is 13.1 Å². The molecule has 13 rings (SSSR count). The van der Waals surface area contributed by atoms with E-state index in [4.69, 9.17) is 23.9 Å². The molecule has 8 aliphatic rings. The van der Waals surface area contributed by atoms with Crippen LogP contribution < -0.4 is 34.0 Å². The minimum Gasteiger partial charge on any atom is -0.493 e. The Kier molecular flexibility index (Phi) is 11.2. The fraction of sp³-hybridized carbons (Fsp3) is 0.519. The number of hydrogen-bond donors (Lipinski definition) is 4. The van der Waals surface area contributed by atoms with Crippen molar-refractivity contribution in [1.82, 2.24) is 19.6 Å². The lowest BCUT2D eigenvalue weighted by Crippen LogP contribution is -2.62. The van der Waals surface area contributed by atoms with Gasteiger partial charge in [0.15, 0.2) is 11.4 Å². The van der Waals surface area contributed by atoms with Crippen LogP contribution in [0.25, 0.3) is 11.0 Å². The Morgan fingerprint density at radius 1 is 0.904 bits per heavy atom. The second-order valence-electron chi connectivity index (χ2n) is 22.3. The normalized spacial score (nSPS) is 28.6. The maximum absolute atomic E-state index is 14.8. The molecule has 0 bridgehead atoms. The summed E-state index contributed by atoms with van der Waals surface area (Å²) in [5.74, 6) is 0.593. The molecule has 2 spiro atoms. The number of nitrogens with one attached hydrogen (secondary N) is 3. The second kappa shape index (κ2) is 17.5. The predicted molar refractivity (Wildman–Crippen MR) is 273 cm³/mol. The Hall–Kier alpha value is -6.15. The number of aromatic nitrogens is 2. The quantitative estimate of drug-likeness (QED) is 0.0859. The number of rotatable bonds is 8. The summed E-state index contributed by atoms with van der Waals surface area (Å²) in [6, 6.07) is 20.1. The molecule has 3 aromatic carbocycles. The molecule has 8 heterocycles. The number of nitro groups is 1. The van der Waals surface area contributed by atoms with Gasteiger partial charge in [-0.1, -0.05) is 18.2 Å². The lowest BCUT2D eigenvalue weighted by atomic mass is 9.58. The minimum absolute atomic E-state index is 0.00753. The predicted octanol–water partition coefficient (Wildman–Crippen LogP) is 7.91. The van der Waals surface area contributed by atoms with E-state index < -0.39 is 43.1 Å². The third-order valence-corrected chi connectivity index (χ3v) is 19.3. The van der Waals surface area contributed by atoms with Crippen molar-refractivity contribution in [2.45, 2.75) is 124 Å². The van der Waals surface area contributed by atoms with Gasteiger partial charge in [0, 0.05) is 60.5 Å².